The number of likely N-dealkylation sites (tertiary alicyclic amines) is 2. The molecule has 2 fully saturated rings. The van der Waals surface area contributed by atoms with Crippen LogP contribution in [0.25, 0.3) is 10.9 Å². The summed E-state index contributed by atoms with van der Waals surface area (Å²) >= 11 is 0. The van der Waals surface area contributed by atoms with Gasteiger partial charge < -0.3 is 14.8 Å². The van der Waals surface area contributed by atoms with Gasteiger partial charge in [0.15, 0.2) is 0 Å². The lowest BCUT2D eigenvalue weighted by Gasteiger charge is -2.34. The summed E-state index contributed by atoms with van der Waals surface area (Å²) in [5.74, 6) is 1.22. The van der Waals surface area contributed by atoms with Crippen LogP contribution in [0.1, 0.15) is 73.5 Å². The van der Waals surface area contributed by atoms with E-state index in [0.717, 1.165) is 62.7 Å². The molecule has 5 heteroatoms. The first kappa shape index (κ1) is 20.6. The molecule has 5 nitrogen and oxygen atoms in total. The number of aromatic nitrogens is 1. The normalized spacial score (nSPS) is 22.9. The van der Waals surface area contributed by atoms with E-state index in [-0.39, 0.29) is 11.8 Å². The summed E-state index contributed by atoms with van der Waals surface area (Å²) in [6.07, 6.45) is 9.76. The minimum absolute atomic E-state index is 0.0859. The maximum Gasteiger partial charge on any atom is 0.253 e. The topological polar surface area (TPSA) is 56.4 Å². The third kappa shape index (κ3) is 4.11. The SMILES string of the molecule is C[C@@H]1CCc2[nH]c3ccc(C(=O)N4CCC(C(=O)N5CCCCCC5)CC4)cc3c2C1. The lowest BCUT2D eigenvalue weighted by Crippen LogP contribution is -2.44. The molecule has 166 valence electrons. The zero-order valence-electron chi connectivity index (χ0n) is 18.8. The van der Waals surface area contributed by atoms with Crippen molar-refractivity contribution >= 4 is 22.7 Å². The Balaban J connectivity index is 1.25. The second-order valence-corrected chi connectivity index (χ2v) is 10.00. The van der Waals surface area contributed by atoms with Crippen LogP contribution in [0.4, 0.5) is 0 Å². The number of hydrogen-bond acceptors (Lipinski definition) is 2. The summed E-state index contributed by atoms with van der Waals surface area (Å²) < 4.78 is 0. The molecular weight excluding hydrogens is 386 g/mol. The number of aromatic amines is 1. The molecule has 1 aliphatic carbocycles. The van der Waals surface area contributed by atoms with Crippen LogP contribution in [-0.2, 0) is 17.6 Å². The van der Waals surface area contributed by atoms with Crippen LogP contribution in [0.2, 0.25) is 0 Å². The van der Waals surface area contributed by atoms with E-state index in [1.807, 2.05) is 11.0 Å². The van der Waals surface area contributed by atoms with Gasteiger partial charge in [0.2, 0.25) is 5.91 Å². The van der Waals surface area contributed by atoms with E-state index in [4.69, 9.17) is 0 Å². The predicted octanol–water partition coefficient (Wildman–Crippen LogP) is 4.55. The second-order valence-electron chi connectivity index (χ2n) is 10.00. The van der Waals surface area contributed by atoms with Gasteiger partial charge in [-0.25, -0.2) is 0 Å². The number of nitrogens with one attached hydrogen (secondary N) is 1. The molecule has 0 radical (unpaired) electrons. The van der Waals surface area contributed by atoms with E-state index in [9.17, 15) is 9.59 Å². The molecule has 0 bridgehead atoms. The maximum atomic E-state index is 13.2. The second kappa shape index (κ2) is 8.68. The average Bonchev–Trinajstić information content (AvgIpc) is 2.96. The number of piperidine rings is 1. The van der Waals surface area contributed by atoms with Crippen molar-refractivity contribution < 1.29 is 9.59 Å². The molecule has 1 aromatic heterocycles. The first-order chi connectivity index (χ1) is 15.1. The van der Waals surface area contributed by atoms with Crippen molar-refractivity contribution in [3.05, 3.63) is 35.0 Å². The summed E-state index contributed by atoms with van der Waals surface area (Å²) in [5.41, 5.74) is 4.69. The van der Waals surface area contributed by atoms with Gasteiger partial charge in [-0.3, -0.25) is 9.59 Å². The van der Waals surface area contributed by atoms with Crippen LogP contribution < -0.4 is 0 Å². The van der Waals surface area contributed by atoms with Crippen molar-refractivity contribution in [2.75, 3.05) is 26.2 Å². The van der Waals surface area contributed by atoms with E-state index in [0.29, 0.717) is 24.9 Å². The highest BCUT2D eigenvalue weighted by molar-refractivity contribution is 5.99. The molecule has 2 saturated heterocycles. The third-order valence-corrected chi connectivity index (χ3v) is 7.73. The average molecular weight is 422 g/mol. The van der Waals surface area contributed by atoms with Gasteiger partial charge in [0.1, 0.15) is 0 Å². The van der Waals surface area contributed by atoms with Gasteiger partial charge >= 0.3 is 0 Å². The highest BCUT2D eigenvalue weighted by Crippen LogP contribution is 2.32. The van der Waals surface area contributed by atoms with Crippen LogP contribution in [0, 0.1) is 11.8 Å². The minimum Gasteiger partial charge on any atom is -0.358 e. The van der Waals surface area contributed by atoms with Crippen molar-refractivity contribution in [3.63, 3.8) is 0 Å². The molecule has 2 aliphatic heterocycles. The van der Waals surface area contributed by atoms with E-state index >= 15 is 0 Å². The fourth-order valence-corrected chi connectivity index (χ4v) is 5.79. The first-order valence-electron chi connectivity index (χ1n) is 12.3. The fraction of sp³-hybridized carbons (Fsp3) is 0.615. The van der Waals surface area contributed by atoms with E-state index in [1.165, 1.54) is 35.9 Å². The van der Waals surface area contributed by atoms with Crippen LogP contribution in [0.15, 0.2) is 18.2 Å². The number of rotatable bonds is 2. The number of nitrogens with zero attached hydrogens (tertiary/aromatic N) is 2. The molecule has 3 aliphatic rings. The monoisotopic (exact) mass is 421 g/mol. The Hall–Kier alpha value is -2.30. The zero-order chi connectivity index (χ0) is 21.4. The van der Waals surface area contributed by atoms with Crippen LogP contribution in [-0.4, -0.2) is 52.8 Å². The Morgan fingerprint density at radius 1 is 0.935 bits per heavy atom. The third-order valence-electron chi connectivity index (χ3n) is 7.73. The molecule has 0 spiro atoms. The maximum absolute atomic E-state index is 13.2. The van der Waals surface area contributed by atoms with Crippen molar-refractivity contribution in [2.45, 2.75) is 64.7 Å². The van der Waals surface area contributed by atoms with Crippen molar-refractivity contribution in [1.82, 2.24) is 14.8 Å². The summed E-state index contributed by atoms with van der Waals surface area (Å²) in [4.78, 5) is 33.8. The molecular formula is C26H35N3O2. The lowest BCUT2D eigenvalue weighted by molar-refractivity contribution is -0.136. The van der Waals surface area contributed by atoms with Crippen molar-refractivity contribution in [3.8, 4) is 0 Å². The van der Waals surface area contributed by atoms with E-state index in [1.54, 1.807) is 0 Å². The summed E-state index contributed by atoms with van der Waals surface area (Å²) in [6, 6.07) is 6.13. The molecule has 0 unspecified atom stereocenters. The highest BCUT2D eigenvalue weighted by Gasteiger charge is 2.31. The minimum atomic E-state index is 0.0859. The number of benzene rings is 1. The molecule has 1 aromatic carbocycles. The molecule has 1 atom stereocenters. The largest absolute Gasteiger partial charge is 0.358 e. The Morgan fingerprint density at radius 3 is 2.42 bits per heavy atom. The highest BCUT2D eigenvalue weighted by atomic mass is 16.2. The molecule has 2 aromatic rings. The van der Waals surface area contributed by atoms with Crippen molar-refractivity contribution in [1.29, 1.82) is 0 Å². The number of aryl methyl sites for hydroxylation is 1. The Morgan fingerprint density at radius 2 is 1.68 bits per heavy atom. The van der Waals surface area contributed by atoms with Gasteiger partial charge in [0.25, 0.3) is 5.91 Å². The zero-order valence-corrected chi connectivity index (χ0v) is 18.8. The van der Waals surface area contributed by atoms with Crippen LogP contribution in [0.5, 0.6) is 0 Å². The van der Waals surface area contributed by atoms with Gasteiger partial charge in [-0.15, -0.1) is 0 Å². The van der Waals surface area contributed by atoms with Crippen LogP contribution >= 0.6 is 0 Å². The Kier molecular flexibility index (Phi) is 5.77. The summed E-state index contributed by atoms with van der Waals surface area (Å²) in [5, 5.41) is 1.22. The smallest absolute Gasteiger partial charge is 0.253 e. The molecule has 3 heterocycles. The van der Waals surface area contributed by atoms with Gasteiger partial charge in [-0.2, -0.15) is 0 Å². The molecule has 5 rings (SSSR count). The Bertz CT molecular complexity index is 962. The molecule has 31 heavy (non-hydrogen) atoms. The quantitative estimate of drug-likeness (QED) is 0.774. The number of carbonyl (C=O) groups is 2. The van der Waals surface area contributed by atoms with Gasteiger partial charge in [0.05, 0.1) is 0 Å². The number of H-pyrrole nitrogens is 1. The van der Waals surface area contributed by atoms with Crippen molar-refractivity contribution in [2.24, 2.45) is 11.8 Å². The van der Waals surface area contributed by atoms with E-state index < -0.39 is 0 Å². The van der Waals surface area contributed by atoms with Gasteiger partial charge in [-0.05, 0) is 74.6 Å². The van der Waals surface area contributed by atoms with Crippen LogP contribution in [0.3, 0.4) is 0 Å². The number of fused-ring (bicyclic) bond motifs is 3. The molecule has 0 saturated carbocycles. The first-order valence-corrected chi connectivity index (χ1v) is 12.3. The number of hydrogen-bond donors (Lipinski definition) is 1. The van der Waals surface area contributed by atoms with E-state index in [2.05, 4.69) is 28.9 Å². The number of carbonyl (C=O) groups excluding carboxylic acids is 2. The van der Waals surface area contributed by atoms with Gasteiger partial charge in [0, 0.05) is 54.3 Å². The number of amides is 2. The molecule has 1 N–H and O–H groups in total. The summed E-state index contributed by atoms with van der Waals surface area (Å²) in [7, 11) is 0. The Labute approximate surface area is 185 Å². The lowest BCUT2D eigenvalue weighted by atomic mass is 9.87. The van der Waals surface area contributed by atoms with Gasteiger partial charge in [-0.1, -0.05) is 19.8 Å². The standard InChI is InChI=1S/C26H35N3O2/c1-18-6-8-23-21(16-18)22-17-20(7-9-24(22)27-23)26(31)29-14-10-19(11-15-29)25(30)28-12-4-2-3-5-13-28/h7,9,17-19,27H,2-6,8,10-16H2,1H3/t18-/m1/s1. The predicted molar refractivity (Wildman–Crippen MR) is 123 cm³/mol. The molecule has 2 amide bonds. The summed E-state index contributed by atoms with van der Waals surface area (Å²) in [6.45, 7) is 5.51. The fourth-order valence-electron chi connectivity index (χ4n) is 5.79.